The molecule has 0 bridgehead atoms. The molecule has 4 heteroatoms. The van der Waals surface area contributed by atoms with Crippen LogP contribution in [0.3, 0.4) is 0 Å². The van der Waals surface area contributed by atoms with Crippen LogP contribution in [0.1, 0.15) is 35.2 Å². The third-order valence-electron chi connectivity index (χ3n) is 4.22. The Balaban J connectivity index is 1.87. The van der Waals surface area contributed by atoms with Gasteiger partial charge in [0.1, 0.15) is 5.82 Å². The lowest BCUT2D eigenvalue weighted by Gasteiger charge is -2.22. The lowest BCUT2D eigenvalue weighted by Crippen LogP contribution is -2.30. The minimum Gasteiger partial charge on any atom is -0.381 e. The monoisotopic (exact) mass is 313 g/mol. The number of ether oxygens (including phenoxy) is 1. The summed E-state index contributed by atoms with van der Waals surface area (Å²) in [5, 5.41) is 0. The van der Waals surface area contributed by atoms with Gasteiger partial charge in [-0.25, -0.2) is 4.39 Å². The molecule has 1 amide bonds. The molecule has 3 nitrogen and oxygen atoms in total. The first kappa shape index (κ1) is 15.7. The zero-order valence-corrected chi connectivity index (χ0v) is 13.2. The number of carbonyl (C=O) groups excluding carboxylic acids is 1. The van der Waals surface area contributed by atoms with Crippen molar-refractivity contribution in [2.45, 2.75) is 19.3 Å². The van der Waals surface area contributed by atoms with E-state index in [1.165, 1.54) is 12.1 Å². The fourth-order valence-electron chi connectivity index (χ4n) is 2.97. The van der Waals surface area contributed by atoms with Crippen molar-refractivity contribution in [1.82, 2.24) is 0 Å². The summed E-state index contributed by atoms with van der Waals surface area (Å²) in [4.78, 5) is 14.4. The number of anilines is 1. The highest BCUT2D eigenvalue weighted by molar-refractivity contribution is 6.06. The molecule has 1 aliphatic rings. The van der Waals surface area contributed by atoms with E-state index in [0.29, 0.717) is 30.3 Å². The Morgan fingerprint density at radius 2 is 2.09 bits per heavy atom. The smallest absolute Gasteiger partial charge is 0.258 e. The van der Waals surface area contributed by atoms with Crippen LogP contribution in [0.2, 0.25) is 0 Å². The highest BCUT2D eigenvalue weighted by Crippen LogP contribution is 2.26. The standard InChI is InChI=1S/C19H20FNO2/c1-2-21(18-8-4-7-17(20)12-18)19(22)15-6-3-5-14(11-15)16-9-10-23-13-16/h3-8,11-12,16H,2,9-10,13H2,1H3/t16-/m1/s1. The number of hydrogen-bond donors (Lipinski definition) is 0. The van der Waals surface area contributed by atoms with Crippen LogP contribution in [0.25, 0.3) is 0 Å². The number of carbonyl (C=O) groups is 1. The van der Waals surface area contributed by atoms with Crippen LogP contribution in [0.5, 0.6) is 0 Å². The van der Waals surface area contributed by atoms with Crippen LogP contribution < -0.4 is 4.90 Å². The number of rotatable bonds is 4. The predicted molar refractivity (Wildman–Crippen MR) is 88.4 cm³/mol. The normalized spacial score (nSPS) is 17.2. The summed E-state index contributed by atoms with van der Waals surface area (Å²) in [6.07, 6.45) is 0.985. The Morgan fingerprint density at radius 1 is 1.26 bits per heavy atom. The van der Waals surface area contributed by atoms with E-state index in [-0.39, 0.29) is 11.7 Å². The van der Waals surface area contributed by atoms with Gasteiger partial charge in [0.05, 0.1) is 6.61 Å². The van der Waals surface area contributed by atoms with Gasteiger partial charge in [-0.3, -0.25) is 4.79 Å². The lowest BCUT2D eigenvalue weighted by atomic mass is 9.96. The molecule has 0 saturated carbocycles. The van der Waals surface area contributed by atoms with E-state index in [9.17, 15) is 9.18 Å². The van der Waals surface area contributed by atoms with Crippen molar-refractivity contribution in [3.8, 4) is 0 Å². The van der Waals surface area contributed by atoms with Gasteiger partial charge in [-0.15, -0.1) is 0 Å². The van der Waals surface area contributed by atoms with Crippen LogP contribution in [-0.2, 0) is 4.74 Å². The second kappa shape index (κ2) is 6.92. The maximum absolute atomic E-state index is 13.4. The summed E-state index contributed by atoms with van der Waals surface area (Å²) in [7, 11) is 0. The molecule has 2 aromatic carbocycles. The number of hydrogen-bond acceptors (Lipinski definition) is 2. The van der Waals surface area contributed by atoms with Crippen LogP contribution in [0.15, 0.2) is 48.5 Å². The maximum atomic E-state index is 13.4. The quantitative estimate of drug-likeness (QED) is 0.854. The summed E-state index contributed by atoms with van der Waals surface area (Å²) in [5.41, 5.74) is 2.33. The average Bonchev–Trinajstić information content (AvgIpc) is 3.10. The first-order valence-electron chi connectivity index (χ1n) is 7.94. The van der Waals surface area contributed by atoms with Crippen LogP contribution in [-0.4, -0.2) is 25.7 Å². The number of nitrogens with zero attached hydrogens (tertiary/aromatic N) is 1. The molecule has 23 heavy (non-hydrogen) atoms. The molecular weight excluding hydrogens is 293 g/mol. The summed E-state index contributed by atoms with van der Waals surface area (Å²) in [6.45, 7) is 3.85. The van der Waals surface area contributed by atoms with E-state index in [0.717, 1.165) is 18.6 Å². The summed E-state index contributed by atoms with van der Waals surface area (Å²) < 4.78 is 18.9. The van der Waals surface area contributed by atoms with Gasteiger partial charge in [0.2, 0.25) is 0 Å². The molecule has 1 atom stereocenters. The Hall–Kier alpha value is -2.20. The van der Waals surface area contributed by atoms with Crippen molar-refractivity contribution in [2.24, 2.45) is 0 Å². The second-order valence-corrected chi connectivity index (χ2v) is 5.72. The first-order chi connectivity index (χ1) is 11.2. The molecule has 0 spiro atoms. The summed E-state index contributed by atoms with van der Waals surface area (Å²) in [5.74, 6) is -0.100. The fourth-order valence-corrected chi connectivity index (χ4v) is 2.97. The zero-order valence-electron chi connectivity index (χ0n) is 13.2. The van der Waals surface area contributed by atoms with Gasteiger partial charge < -0.3 is 9.64 Å². The van der Waals surface area contributed by atoms with Crippen molar-refractivity contribution in [3.63, 3.8) is 0 Å². The summed E-state index contributed by atoms with van der Waals surface area (Å²) in [6, 6.07) is 13.8. The molecule has 120 valence electrons. The van der Waals surface area contributed by atoms with Gasteiger partial charge in [0.25, 0.3) is 5.91 Å². The van der Waals surface area contributed by atoms with E-state index >= 15 is 0 Å². The van der Waals surface area contributed by atoms with Gasteiger partial charge >= 0.3 is 0 Å². The Kier molecular flexibility index (Phi) is 4.72. The number of benzene rings is 2. The molecular formula is C19H20FNO2. The highest BCUT2D eigenvalue weighted by Gasteiger charge is 2.21. The molecule has 0 aliphatic carbocycles. The van der Waals surface area contributed by atoms with Gasteiger partial charge in [-0.1, -0.05) is 18.2 Å². The van der Waals surface area contributed by atoms with Crippen molar-refractivity contribution in [3.05, 3.63) is 65.5 Å². The molecule has 1 fully saturated rings. The molecule has 1 aliphatic heterocycles. The topological polar surface area (TPSA) is 29.5 Å². The average molecular weight is 313 g/mol. The lowest BCUT2D eigenvalue weighted by molar-refractivity contribution is 0.0988. The third kappa shape index (κ3) is 3.42. The second-order valence-electron chi connectivity index (χ2n) is 5.72. The van der Waals surface area contributed by atoms with E-state index < -0.39 is 0 Å². The van der Waals surface area contributed by atoms with Crippen LogP contribution >= 0.6 is 0 Å². The molecule has 1 heterocycles. The van der Waals surface area contributed by atoms with Crippen LogP contribution in [0.4, 0.5) is 10.1 Å². The van der Waals surface area contributed by atoms with Crippen LogP contribution in [0, 0.1) is 5.82 Å². The number of halogens is 1. The highest BCUT2D eigenvalue weighted by atomic mass is 19.1. The zero-order chi connectivity index (χ0) is 16.2. The minimum absolute atomic E-state index is 0.112. The Bertz CT molecular complexity index is 695. The molecule has 2 aromatic rings. The Labute approximate surface area is 135 Å². The van der Waals surface area contributed by atoms with Gasteiger partial charge in [-0.2, -0.15) is 0 Å². The van der Waals surface area contributed by atoms with Crippen molar-refractivity contribution in [1.29, 1.82) is 0 Å². The van der Waals surface area contributed by atoms with Crippen molar-refractivity contribution < 1.29 is 13.9 Å². The van der Waals surface area contributed by atoms with E-state index in [1.54, 1.807) is 17.0 Å². The Morgan fingerprint density at radius 3 is 2.78 bits per heavy atom. The van der Waals surface area contributed by atoms with Crippen molar-refractivity contribution in [2.75, 3.05) is 24.7 Å². The fraction of sp³-hybridized carbons (Fsp3) is 0.316. The molecule has 3 rings (SSSR count). The van der Waals surface area contributed by atoms with E-state index in [1.807, 2.05) is 31.2 Å². The summed E-state index contributed by atoms with van der Waals surface area (Å²) >= 11 is 0. The van der Waals surface area contributed by atoms with E-state index in [4.69, 9.17) is 4.74 Å². The number of amides is 1. The largest absolute Gasteiger partial charge is 0.381 e. The van der Waals surface area contributed by atoms with E-state index in [2.05, 4.69) is 0 Å². The SMILES string of the molecule is CCN(C(=O)c1cccc([C@@H]2CCOC2)c1)c1cccc(F)c1. The van der Waals surface area contributed by atoms with Gasteiger partial charge in [-0.05, 0) is 49.2 Å². The molecule has 0 aromatic heterocycles. The predicted octanol–water partition coefficient (Wildman–Crippen LogP) is 4.00. The third-order valence-corrected chi connectivity index (χ3v) is 4.22. The molecule has 0 unspecified atom stereocenters. The molecule has 0 N–H and O–H groups in total. The molecule has 1 saturated heterocycles. The minimum atomic E-state index is -0.342. The van der Waals surface area contributed by atoms with Gasteiger partial charge in [0, 0.05) is 30.3 Å². The molecule has 0 radical (unpaired) electrons. The van der Waals surface area contributed by atoms with Crippen molar-refractivity contribution >= 4 is 11.6 Å². The maximum Gasteiger partial charge on any atom is 0.258 e. The first-order valence-corrected chi connectivity index (χ1v) is 7.94. The van der Waals surface area contributed by atoms with Gasteiger partial charge in [0.15, 0.2) is 0 Å².